The zero-order valence-corrected chi connectivity index (χ0v) is 7.32. The van der Waals surface area contributed by atoms with Crippen molar-refractivity contribution >= 4 is 5.57 Å². The number of ether oxygens (including phenoxy) is 2. The van der Waals surface area contributed by atoms with Gasteiger partial charge < -0.3 is 13.9 Å². The summed E-state index contributed by atoms with van der Waals surface area (Å²) in [5.41, 5.74) is 0.954. The SMILES string of the molecule is COCc1nnc(C2=COCC2)o1. The maximum atomic E-state index is 5.31. The Balaban J connectivity index is 2.12. The van der Waals surface area contributed by atoms with E-state index in [4.69, 9.17) is 13.9 Å². The Bertz CT molecular complexity index is 319. The van der Waals surface area contributed by atoms with Gasteiger partial charge in [0.05, 0.1) is 18.4 Å². The molecule has 5 nitrogen and oxygen atoms in total. The fraction of sp³-hybridized carbons (Fsp3) is 0.500. The van der Waals surface area contributed by atoms with E-state index in [1.807, 2.05) is 0 Å². The first-order valence-electron chi connectivity index (χ1n) is 4.02. The van der Waals surface area contributed by atoms with Crippen LogP contribution < -0.4 is 0 Å². The molecule has 0 fully saturated rings. The molecule has 0 saturated heterocycles. The van der Waals surface area contributed by atoms with E-state index in [9.17, 15) is 0 Å². The molecule has 0 bridgehead atoms. The number of aromatic nitrogens is 2. The van der Waals surface area contributed by atoms with Crippen molar-refractivity contribution in [2.45, 2.75) is 13.0 Å². The Morgan fingerprint density at radius 2 is 2.46 bits per heavy atom. The minimum absolute atomic E-state index is 0.348. The molecule has 0 aromatic carbocycles. The van der Waals surface area contributed by atoms with Crippen LogP contribution in [0.4, 0.5) is 0 Å². The van der Waals surface area contributed by atoms with Crippen LogP contribution in [-0.2, 0) is 16.1 Å². The Morgan fingerprint density at radius 1 is 1.54 bits per heavy atom. The van der Waals surface area contributed by atoms with Gasteiger partial charge in [-0.15, -0.1) is 10.2 Å². The van der Waals surface area contributed by atoms with E-state index in [-0.39, 0.29) is 0 Å². The molecule has 0 amide bonds. The van der Waals surface area contributed by atoms with Crippen molar-refractivity contribution in [1.82, 2.24) is 10.2 Å². The fourth-order valence-electron chi connectivity index (χ4n) is 1.11. The second-order valence-electron chi connectivity index (χ2n) is 2.70. The van der Waals surface area contributed by atoms with Gasteiger partial charge >= 0.3 is 0 Å². The molecule has 0 radical (unpaired) electrons. The average Bonchev–Trinajstić information content (AvgIpc) is 2.70. The number of rotatable bonds is 3. The first-order chi connectivity index (χ1) is 6.40. The first-order valence-corrected chi connectivity index (χ1v) is 4.02. The number of hydrogen-bond donors (Lipinski definition) is 0. The van der Waals surface area contributed by atoms with E-state index < -0.39 is 0 Å². The summed E-state index contributed by atoms with van der Waals surface area (Å²) >= 11 is 0. The Labute approximate surface area is 75.4 Å². The van der Waals surface area contributed by atoms with Crippen LogP contribution in [0, 0.1) is 0 Å². The molecule has 1 aromatic heterocycles. The number of methoxy groups -OCH3 is 1. The maximum Gasteiger partial charge on any atom is 0.247 e. The Kier molecular flexibility index (Phi) is 2.27. The van der Waals surface area contributed by atoms with E-state index in [0.717, 1.165) is 12.0 Å². The van der Waals surface area contributed by atoms with E-state index in [1.54, 1.807) is 13.4 Å². The van der Waals surface area contributed by atoms with Crippen LogP contribution >= 0.6 is 0 Å². The van der Waals surface area contributed by atoms with Gasteiger partial charge in [0.2, 0.25) is 11.8 Å². The van der Waals surface area contributed by atoms with Crippen molar-refractivity contribution in [3.63, 3.8) is 0 Å². The molecular weight excluding hydrogens is 172 g/mol. The third-order valence-electron chi connectivity index (χ3n) is 1.72. The highest BCUT2D eigenvalue weighted by Gasteiger charge is 2.14. The van der Waals surface area contributed by atoms with Gasteiger partial charge in [-0.25, -0.2) is 0 Å². The standard InChI is InChI=1S/C8H10N2O3/c1-11-5-7-9-10-8(13-7)6-2-3-12-4-6/h4H,2-3,5H2,1H3. The van der Waals surface area contributed by atoms with Crippen molar-refractivity contribution < 1.29 is 13.9 Å². The van der Waals surface area contributed by atoms with Crippen molar-refractivity contribution in [2.75, 3.05) is 13.7 Å². The van der Waals surface area contributed by atoms with E-state index >= 15 is 0 Å². The lowest BCUT2D eigenvalue weighted by molar-refractivity contribution is 0.159. The second-order valence-corrected chi connectivity index (χ2v) is 2.70. The summed E-state index contributed by atoms with van der Waals surface area (Å²) in [4.78, 5) is 0. The van der Waals surface area contributed by atoms with Crippen molar-refractivity contribution in [1.29, 1.82) is 0 Å². The molecule has 2 heterocycles. The monoisotopic (exact) mass is 182 g/mol. The molecule has 0 saturated carbocycles. The topological polar surface area (TPSA) is 57.4 Å². The highest BCUT2D eigenvalue weighted by molar-refractivity contribution is 5.58. The maximum absolute atomic E-state index is 5.31. The van der Waals surface area contributed by atoms with Crippen LogP contribution in [0.2, 0.25) is 0 Å². The molecule has 1 aromatic rings. The minimum atomic E-state index is 0.348. The van der Waals surface area contributed by atoms with Crippen molar-refractivity contribution in [3.8, 4) is 0 Å². The first kappa shape index (κ1) is 8.25. The summed E-state index contributed by atoms with van der Waals surface area (Å²) in [7, 11) is 1.59. The lowest BCUT2D eigenvalue weighted by Crippen LogP contribution is -1.85. The van der Waals surface area contributed by atoms with Gasteiger partial charge in [-0.1, -0.05) is 0 Å². The van der Waals surface area contributed by atoms with Gasteiger partial charge in [-0.05, 0) is 0 Å². The summed E-state index contributed by atoms with van der Waals surface area (Å²) in [5, 5.41) is 7.68. The lowest BCUT2D eigenvalue weighted by Gasteiger charge is -1.90. The van der Waals surface area contributed by atoms with Crippen LogP contribution in [0.1, 0.15) is 18.2 Å². The zero-order chi connectivity index (χ0) is 9.10. The predicted molar refractivity (Wildman–Crippen MR) is 43.6 cm³/mol. The van der Waals surface area contributed by atoms with Crippen LogP contribution in [0.25, 0.3) is 5.57 Å². The third kappa shape index (κ3) is 1.70. The third-order valence-corrected chi connectivity index (χ3v) is 1.72. The molecule has 0 spiro atoms. The molecule has 0 N–H and O–H groups in total. The fourth-order valence-corrected chi connectivity index (χ4v) is 1.11. The molecule has 70 valence electrons. The molecule has 13 heavy (non-hydrogen) atoms. The highest BCUT2D eigenvalue weighted by Crippen LogP contribution is 2.21. The average molecular weight is 182 g/mol. The number of hydrogen-bond acceptors (Lipinski definition) is 5. The van der Waals surface area contributed by atoms with Gasteiger partial charge in [0.1, 0.15) is 6.61 Å². The quantitative estimate of drug-likeness (QED) is 0.697. The van der Waals surface area contributed by atoms with Gasteiger partial charge in [-0.2, -0.15) is 0 Å². The Hall–Kier alpha value is -1.36. The molecule has 0 atom stereocenters. The molecule has 1 aliphatic heterocycles. The summed E-state index contributed by atoms with van der Waals surface area (Å²) < 4.78 is 15.2. The van der Waals surface area contributed by atoms with Crippen LogP contribution in [0.5, 0.6) is 0 Å². The van der Waals surface area contributed by atoms with Crippen LogP contribution in [0.3, 0.4) is 0 Å². The molecule has 1 aliphatic rings. The van der Waals surface area contributed by atoms with Gasteiger partial charge in [0.25, 0.3) is 0 Å². The van der Waals surface area contributed by atoms with Crippen molar-refractivity contribution in [3.05, 3.63) is 18.0 Å². The normalized spacial score (nSPS) is 15.6. The highest BCUT2D eigenvalue weighted by atomic mass is 16.5. The Morgan fingerprint density at radius 3 is 3.15 bits per heavy atom. The van der Waals surface area contributed by atoms with E-state index in [1.165, 1.54) is 0 Å². The summed E-state index contributed by atoms with van der Waals surface area (Å²) in [5.74, 6) is 1.02. The summed E-state index contributed by atoms with van der Waals surface area (Å²) in [6.45, 7) is 1.04. The molecule has 0 unspecified atom stereocenters. The minimum Gasteiger partial charge on any atom is -0.500 e. The largest absolute Gasteiger partial charge is 0.500 e. The van der Waals surface area contributed by atoms with Gasteiger partial charge in [0, 0.05) is 13.5 Å². The smallest absolute Gasteiger partial charge is 0.247 e. The predicted octanol–water partition coefficient (Wildman–Crippen LogP) is 0.977. The summed E-state index contributed by atoms with van der Waals surface area (Å²) in [6.07, 6.45) is 2.48. The van der Waals surface area contributed by atoms with Gasteiger partial charge in [-0.3, -0.25) is 0 Å². The lowest BCUT2D eigenvalue weighted by atomic mass is 10.2. The zero-order valence-electron chi connectivity index (χ0n) is 7.32. The van der Waals surface area contributed by atoms with Gasteiger partial charge in [0.15, 0.2) is 0 Å². The summed E-state index contributed by atoms with van der Waals surface area (Å²) in [6, 6.07) is 0. The number of nitrogens with zero attached hydrogens (tertiary/aromatic N) is 2. The molecule has 0 aliphatic carbocycles. The van der Waals surface area contributed by atoms with E-state index in [0.29, 0.717) is 25.0 Å². The molecule has 5 heteroatoms. The molecular formula is C8H10N2O3. The second kappa shape index (κ2) is 3.57. The van der Waals surface area contributed by atoms with Crippen molar-refractivity contribution in [2.24, 2.45) is 0 Å². The van der Waals surface area contributed by atoms with E-state index in [2.05, 4.69) is 10.2 Å². The van der Waals surface area contributed by atoms with Crippen LogP contribution in [-0.4, -0.2) is 23.9 Å². The van der Waals surface area contributed by atoms with Crippen LogP contribution in [0.15, 0.2) is 10.7 Å². The molecule has 2 rings (SSSR count).